The molecule has 1 heterocycles. The van der Waals surface area contributed by atoms with Crippen molar-refractivity contribution in [3.05, 3.63) is 40.7 Å². The van der Waals surface area contributed by atoms with Gasteiger partial charge in [-0.25, -0.2) is 9.37 Å². The summed E-state index contributed by atoms with van der Waals surface area (Å²) >= 11 is 1.58. The number of benzene rings is 1. The number of nitrogens with two attached hydrogens (primary N) is 1. The molecule has 3 atom stereocenters. The Morgan fingerprint density at radius 2 is 2.16 bits per heavy atom. The van der Waals surface area contributed by atoms with Crippen LogP contribution < -0.4 is 11.1 Å². The molecule has 6 heteroatoms. The Balaban J connectivity index is 1.80. The summed E-state index contributed by atoms with van der Waals surface area (Å²) in [4.78, 5) is 18.3. The number of nitrogens with one attached hydrogen (secondary N) is 1. The molecule has 0 bridgehead atoms. The minimum atomic E-state index is -0.486. The van der Waals surface area contributed by atoms with Crippen LogP contribution in [0, 0.1) is 11.7 Å². The maximum Gasteiger partial charge on any atom is 0.237 e. The molecule has 0 aliphatic heterocycles. The second-order valence-electron chi connectivity index (χ2n) is 6.70. The highest BCUT2D eigenvalue weighted by Gasteiger charge is 2.29. The Labute approximate surface area is 151 Å². The van der Waals surface area contributed by atoms with E-state index >= 15 is 0 Å². The number of halogens is 1. The Hall–Kier alpha value is -1.79. The number of carbonyl (C=O) groups is 1. The van der Waals surface area contributed by atoms with Gasteiger partial charge in [0, 0.05) is 5.56 Å². The average molecular weight is 361 g/mol. The van der Waals surface area contributed by atoms with Crippen LogP contribution in [0.25, 0.3) is 10.6 Å². The van der Waals surface area contributed by atoms with Gasteiger partial charge in [0.05, 0.1) is 22.7 Å². The molecule has 0 fully saturated rings. The predicted molar refractivity (Wildman–Crippen MR) is 98.8 cm³/mol. The highest BCUT2D eigenvalue weighted by atomic mass is 32.1. The standard InChI is InChI=1S/C19H24FN3OS/c1-3-11(2)16(21)18(24)22-14-5-4-6-15-17(14)25-19(23-15)12-7-9-13(20)10-8-12/h7-11,14,16H,3-6,21H2,1-2H3,(H,22,24). The summed E-state index contributed by atoms with van der Waals surface area (Å²) in [7, 11) is 0. The van der Waals surface area contributed by atoms with E-state index in [4.69, 9.17) is 10.7 Å². The summed E-state index contributed by atoms with van der Waals surface area (Å²) in [6.45, 7) is 4.03. The van der Waals surface area contributed by atoms with Gasteiger partial charge in [-0.1, -0.05) is 20.3 Å². The van der Waals surface area contributed by atoms with Gasteiger partial charge in [0.1, 0.15) is 10.8 Å². The number of hydrogen-bond donors (Lipinski definition) is 2. The van der Waals surface area contributed by atoms with Crippen LogP contribution in [0.5, 0.6) is 0 Å². The normalized spacial score (nSPS) is 19.1. The van der Waals surface area contributed by atoms with Crippen LogP contribution in [0.15, 0.2) is 24.3 Å². The lowest BCUT2D eigenvalue weighted by Gasteiger charge is -2.25. The van der Waals surface area contributed by atoms with Crippen LogP contribution in [0.2, 0.25) is 0 Å². The fourth-order valence-electron chi connectivity index (χ4n) is 3.05. The van der Waals surface area contributed by atoms with Crippen LogP contribution in [-0.2, 0) is 11.2 Å². The average Bonchev–Trinajstić information content (AvgIpc) is 3.06. The zero-order valence-corrected chi connectivity index (χ0v) is 15.4. The highest BCUT2D eigenvalue weighted by Crippen LogP contribution is 2.38. The van der Waals surface area contributed by atoms with E-state index < -0.39 is 6.04 Å². The van der Waals surface area contributed by atoms with Crippen molar-refractivity contribution in [2.45, 2.75) is 51.6 Å². The molecule has 3 N–H and O–H groups in total. The zero-order valence-electron chi connectivity index (χ0n) is 14.6. The second kappa shape index (κ2) is 7.62. The number of hydrogen-bond acceptors (Lipinski definition) is 4. The highest BCUT2D eigenvalue weighted by molar-refractivity contribution is 7.15. The fraction of sp³-hybridized carbons (Fsp3) is 0.474. The van der Waals surface area contributed by atoms with Gasteiger partial charge in [-0.3, -0.25) is 4.79 Å². The smallest absolute Gasteiger partial charge is 0.237 e. The number of aryl methyl sites for hydroxylation is 1. The third-order valence-electron chi connectivity index (χ3n) is 4.92. The van der Waals surface area contributed by atoms with Crippen LogP contribution >= 0.6 is 11.3 Å². The molecule has 25 heavy (non-hydrogen) atoms. The van der Waals surface area contributed by atoms with Crippen LogP contribution in [-0.4, -0.2) is 16.9 Å². The molecule has 4 nitrogen and oxygen atoms in total. The van der Waals surface area contributed by atoms with E-state index in [1.165, 1.54) is 12.1 Å². The first-order valence-electron chi connectivity index (χ1n) is 8.81. The first kappa shape index (κ1) is 18.0. The van der Waals surface area contributed by atoms with E-state index in [-0.39, 0.29) is 23.7 Å². The second-order valence-corrected chi connectivity index (χ2v) is 7.73. The summed E-state index contributed by atoms with van der Waals surface area (Å²) in [5.74, 6) is -0.197. The van der Waals surface area contributed by atoms with Gasteiger partial charge >= 0.3 is 0 Å². The van der Waals surface area contributed by atoms with Gasteiger partial charge < -0.3 is 11.1 Å². The van der Waals surface area contributed by atoms with Crippen molar-refractivity contribution in [1.82, 2.24) is 10.3 Å². The Kier molecular flexibility index (Phi) is 5.49. The van der Waals surface area contributed by atoms with Crippen molar-refractivity contribution in [3.8, 4) is 10.6 Å². The number of thiazole rings is 1. The SMILES string of the molecule is CCC(C)C(N)C(=O)NC1CCCc2nc(-c3ccc(F)cc3)sc21. The molecule has 3 unspecified atom stereocenters. The van der Waals surface area contributed by atoms with Gasteiger partial charge in [-0.2, -0.15) is 0 Å². The van der Waals surface area contributed by atoms with Crippen molar-refractivity contribution in [3.63, 3.8) is 0 Å². The van der Waals surface area contributed by atoms with Gasteiger partial charge in [-0.15, -0.1) is 11.3 Å². The van der Waals surface area contributed by atoms with E-state index in [9.17, 15) is 9.18 Å². The van der Waals surface area contributed by atoms with Gasteiger partial charge in [-0.05, 0) is 49.4 Å². The summed E-state index contributed by atoms with van der Waals surface area (Å²) in [5.41, 5.74) is 8.00. The molecule has 0 radical (unpaired) electrons. The minimum Gasteiger partial charge on any atom is -0.347 e. The first-order chi connectivity index (χ1) is 12.0. The maximum absolute atomic E-state index is 13.1. The van der Waals surface area contributed by atoms with Gasteiger partial charge in [0.25, 0.3) is 0 Å². The van der Waals surface area contributed by atoms with E-state index in [1.54, 1.807) is 23.5 Å². The molecular weight excluding hydrogens is 337 g/mol. The molecule has 1 aromatic heterocycles. The molecule has 1 aliphatic carbocycles. The Morgan fingerprint density at radius 1 is 1.44 bits per heavy atom. The van der Waals surface area contributed by atoms with E-state index in [1.807, 2.05) is 13.8 Å². The summed E-state index contributed by atoms with van der Waals surface area (Å²) in [5, 5.41) is 3.98. The summed E-state index contributed by atoms with van der Waals surface area (Å²) < 4.78 is 13.1. The summed E-state index contributed by atoms with van der Waals surface area (Å²) in [6, 6.07) is 5.86. The lowest BCUT2D eigenvalue weighted by Crippen LogP contribution is -2.46. The quantitative estimate of drug-likeness (QED) is 0.851. The van der Waals surface area contributed by atoms with Crippen molar-refractivity contribution < 1.29 is 9.18 Å². The third kappa shape index (κ3) is 3.90. The van der Waals surface area contributed by atoms with E-state index in [0.717, 1.165) is 46.8 Å². The van der Waals surface area contributed by atoms with Crippen molar-refractivity contribution in [2.24, 2.45) is 11.7 Å². The number of amides is 1. The molecular formula is C19H24FN3OS. The van der Waals surface area contributed by atoms with Crippen molar-refractivity contribution in [1.29, 1.82) is 0 Å². The van der Waals surface area contributed by atoms with E-state index in [2.05, 4.69) is 5.32 Å². The minimum absolute atomic E-state index is 0.0296. The van der Waals surface area contributed by atoms with Gasteiger partial charge in [0.2, 0.25) is 5.91 Å². The molecule has 1 aliphatic rings. The molecule has 0 saturated heterocycles. The van der Waals surface area contributed by atoms with Crippen LogP contribution in [0.3, 0.4) is 0 Å². The number of aromatic nitrogens is 1. The topological polar surface area (TPSA) is 68.0 Å². The Morgan fingerprint density at radius 3 is 2.84 bits per heavy atom. The molecule has 0 saturated carbocycles. The van der Waals surface area contributed by atoms with Crippen molar-refractivity contribution in [2.75, 3.05) is 0 Å². The monoisotopic (exact) mass is 361 g/mol. The molecule has 134 valence electrons. The first-order valence-corrected chi connectivity index (χ1v) is 9.62. The van der Waals surface area contributed by atoms with Crippen LogP contribution in [0.1, 0.15) is 49.7 Å². The molecule has 2 aromatic rings. The maximum atomic E-state index is 13.1. The molecule has 1 aromatic carbocycles. The zero-order chi connectivity index (χ0) is 18.0. The molecule has 0 spiro atoms. The van der Waals surface area contributed by atoms with Crippen LogP contribution in [0.4, 0.5) is 4.39 Å². The summed E-state index contributed by atoms with van der Waals surface area (Å²) in [6.07, 6.45) is 3.68. The third-order valence-corrected chi connectivity index (χ3v) is 6.18. The largest absolute Gasteiger partial charge is 0.347 e. The van der Waals surface area contributed by atoms with E-state index in [0.29, 0.717) is 0 Å². The number of nitrogens with zero attached hydrogens (tertiary/aromatic N) is 1. The van der Waals surface area contributed by atoms with Gasteiger partial charge in [0.15, 0.2) is 0 Å². The lowest BCUT2D eigenvalue weighted by atomic mass is 9.95. The Bertz CT molecular complexity index is 744. The number of fused-ring (bicyclic) bond motifs is 1. The fourth-order valence-corrected chi connectivity index (χ4v) is 4.26. The van der Waals surface area contributed by atoms with Crippen molar-refractivity contribution >= 4 is 17.2 Å². The number of rotatable bonds is 5. The molecule has 3 rings (SSSR count). The predicted octanol–water partition coefficient (Wildman–Crippen LogP) is 3.82. The lowest BCUT2D eigenvalue weighted by molar-refractivity contribution is -0.124. The number of carbonyl (C=O) groups excluding carboxylic acids is 1. The molecule has 1 amide bonds.